The molecule has 21 aliphatic rings. The largest absolute Gasteiger partial charge is 0.465 e. The number of methoxy groups -OCH3 is 21. The molecule has 0 aromatic heterocycles. The van der Waals surface area contributed by atoms with E-state index in [4.69, 9.17) is 171 Å². The normalized spacial score (nSPS) is 42.4. The van der Waals surface area contributed by atoms with E-state index >= 15 is 0 Å². The number of benzene rings is 1. The van der Waals surface area contributed by atoms with Crippen LogP contribution in [-0.2, 0) is 171 Å². The summed E-state index contributed by atoms with van der Waals surface area (Å²) in [5, 5.41) is 0. The lowest BCUT2D eigenvalue weighted by molar-refractivity contribution is -0.402. The molecule has 0 amide bonds. The van der Waals surface area contributed by atoms with Crippen LogP contribution in [-0.4, -0.2) is 422 Å². The highest BCUT2D eigenvalue weighted by Crippen LogP contribution is 2.43. The molecule has 22 rings (SSSR count). The predicted octanol–water partition coefficient (Wildman–Crippen LogP) is -0.497. The molecule has 0 radical (unpaired) electrons. The van der Waals surface area contributed by atoms with Gasteiger partial charge in [-0.05, 0) is 18.2 Å². The molecule has 0 unspecified atom stereocenters. The van der Waals surface area contributed by atoms with E-state index in [0.29, 0.717) is 0 Å². The smallest absolute Gasteiger partial charge is 0.338 e. The molecule has 35 atom stereocenters. The van der Waals surface area contributed by atoms with E-state index in [1.54, 1.807) is 0 Å². The predicted molar refractivity (Wildman–Crippen MR) is 365 cm³/mol. The molecule has 38 heteroatoms. The van der Waals surface area contributed by atoms with Crippen molar-refractivity contribution in [2.75, 3.05) is 196 Å². The van der Waals surface area contributed by atoms with Crippen molar-refractivity contribution in [3.8, 4) is 0 Å². The molecule has 0 aliphatic carbocycles. The number of hydrogen-bond acceptors (Lipinski definition) is 38. The SMILES string of the molecule is COC[C@H]1O[C@@H]2O[C@H]3[C@H](OC)[C@@H](OC)[C@@H](O[C@H]4[C@H](OC)[C@@H](OC)[C@@H](O[C@H]5[C@H](OC)[C@@H](OC)[C@@H](O[C@H]6[C@H](OC)[C@@H](OC)[C@@H](O[C@H]7[C@H](OC)[C@@H](OC)[C@@H](O[C@H]8[C@H](OC)[C@H](OC)[C@@H](O[C@H]1[C@H](OC)[C@@H]2OC)O[C@@H]8COC)O[C@@H]7COC)O[C@@H]6COC)O[C@@H]5COC)O[C@@H]4COC)O[C@@H]3COC(=O)c1cccc(C(=O)OC)c1. The molecule has 0 saturated carbocycles. The van der Waals surface area contributed by atoms with E-state index in [-0.39, 0.29) is 50.8 Å². The zero-order chi connectivity index (χ0) is 78.8. The van der Waals surface area contributed by atoms with Crippen molar-refractivity contribution in [2.45, 2.75) is 215 Å². The molecule has 38 nitrogen and oxygen atoms in total. The van der Waals surface area contributed by atoms with Crippen LogP contribution in [0.4, 0.5) is 0 Å². The van der Waals surface area contributed by atoms with E-state index in [2.05, 4.69) is 0 Å². The lowest BCUT2D eigenvalue weighted by Gasteiger charge is -2.52. The Morgan fingerprint density at radius 2 is 0.413 bits per heavy atom. The molecular formula is C71H116O38. The fourth-order valence-electron chi connectivity index (χ4n) is 15.8. The molecule has 21 aliphatic heterocycles. The first-order chi connectivity index (χ1) is 53.0. The van der Waals surface area contributed by atoms with Crippen molar-refractivity contribution in [1.82, 2.24) is 0 Å². The van der Waals surface area contributed by atoms with Gasteiger partial charge in [0.15, 0.2) is 44.0 Å². The number of esters is 2. The Bertz CT molecular complexity index is 2790. The average Bonchev–Trinajstić information content (AvgIpc) is 0.774. The summed E-state index contributed by atoms with van der Waals surface area (Å²) in [5.41, 5.74) is 0.103. The molecule has 1 aromatic rings. The van der Waals surface area contributed by atoms with Gasteiger partial charge in [0.25, 0.3) is 0 Å². The lowest BCUT2D eigenvalue weighted by atomic mass is 9.94. The van der Waals surface area contributed by atoms with Gasteiger partial charge in [-0.2, -0.15) is 0 Å². The van der Waals surface area contributed by atoms with Crippen molar-refractivity contribution >= 4 is 11.9 Å². The van der Waals surface area contributed by atoms with E-state index in [1.807, 2.05) is 0 Å². The summed E-state index contributed by atoms with van der Waals surface area (Å²) < 4.78 is 232. The molecule has 21 saturated heterocycles. The van der Waals surface area contributed by atoms with Crippen molar-refractivity contribution < 1.29 is 180 Å². The molecular weight excluding hydrogens is 1460 g/mol. The van der Waals surface area contributed by atoms with Crippen LogP contribution in [0.3, 0.4) is 0 Å². The third-order valence-electron chi connectivity index (χ3n) is 20.9. The van der Waals surface area contributed by atoms with Crippen LogP contribution in [0.25, 0.3) is 0 Å². The maximum atomic E-state index is 14.3. The maximum Gasteiger partial charge on any atom is 0.338 e. The second-order valence-corrected chi connectivity index (χ2v) is 26.7. The lowest BCUT2D eigenvalue weighted by Crippen LogP contribution is -2.69. The Morgan fingerprint density at radius 3 is 0.578 bits per heavy atom. The van der Waals surface area contributed by atoms with E-state index in [0.717, 1.165) is 0 Å². The zero-order valence-electron chi connectivity index (χ0n) is 66.0. The first-order valence-corrected chi connectivity index (χ1v) is 35.8. The van der Waals surface area contributed by atoms with Crippen LogP contribution in [0.1, 0.15) is 20.7 Å². The van der Waals surface area contributed by atoms with E-state index in [9.17, 15) is 9.59 Å². The maximum absolute atomic E-state index is 14.3. The van der Waals surface area contributed by atoms with Gasteiger partial charge in [0.2, 0.25) is 0 Å². The van der Waals surface area contributed by atoms with Gasteiger partial charge in [0.05, 0.1) is 57.9 Å². The molecule has 21 heterocycles. The van der Waals surface area contributed by atoms with Gasteiger partial charge in [-0.15, -0.1) is 0 Å². The molecule has 0 N–H and O–H groups in total. The highest BCUT2D eigenvalue weighted by molar-refractivity contribution is 5.95. The fraction of sp³-hybridized carbons (Fsp3) is 0.887. The molecule has 0 spiro atoms. The number of hydrogen-bond donors (Lipinski definition) is 0. The summed E-state index contributed by atoms with van der Waals surface area (Å²) in [5.74, 6) is -1.53. The zero-order valence-corrected chi connectivity index (χ0v) is 66.0. The summed E-state index contributed by atoms with van der Waals surface area (Å²) in [6.07, 6.45) is -39.5. The third-order valence-corrected chi connectivity index (χ3v) is 20.9. The van der Waals surface area contributed by atoms with Gasteiger partial charge in [-0.3, -0.25) is 0 Å². The van der Waals surface area contributed by atoms with Crippen LogP contribution < -0.4 is 0 Å². The number of carbonyl (C=O) groups is 2. The third kappa shape index (κ3) is 19.9. The highest BCUT2D eigenvalue weighted by atomic mass is 16.8. The highest BCUT2D eigenvalue weighted by Gasteiger charge is 2.62. The minimum atomic E-state index is -1.44. The van der Waals surface area contributed by atoms with Crippen LogP contribution in [0.5, 0.6) is 0 Å². The van der Waals surface area contributed by atoms with Gasteiger partial charge < -0.3 is 171 Å². The first-order valence-electron chi connectivity index (χ1n) is 35.8. The van der Waals surface area contributed by atoms with Crippen LogP contribution in [0.15, 0.2) is 24.3 Å². The minimum Gasteiger partial charge on any atom is -0.465 e. The van der Waals surface area contributed by atoms with Gasteiger partial charge in [0.1, 0.15) is 178 Å². The Labute approximate surface area is 636 Å². The van der Waals surface area contributed by atoms with E-state index in [1.165, 1.54) is 174 Å². The Hall–Kier alpha value is -3.20. The second kappa shape index (κ2) is 43.7. The number of carbonyl (C=O) groups excluding carboxylic acids is 2. The summed E-state index contributed by atoms with van der Waals surface area (Å²) in [7, 11) is 30.7. The monoisotopic (exact) mass is 1580 g/mol. The molecule has 109 heavy (non-hydrogen) atoms. The van der Waals surface area contributed by atoms with Gasteiger partial charge >= 0.3 is 11.9 Å². The van der Waals surface area contributed by atoms with E-state index < -0.39 is 233 Å². The molecule has 628 valence electrons. The Morgan fingerprint density at radius 1 is 0.239 bits per heavy atom. The average molecular weight is 1580 g/mol. The van der Waals surface area contributed by atoms with Crippen molar-refractivity contribution in [3.63, 3.8) is 0 Å². The molecule has 21 fully saturated rings. The summed E-state index contributed by atoms with van der Waals surface area (Å²) in [6, 6.07) is 5.81. The number of ether oxygens (including phenoxy) is 36. The summed E-state index contributed by atoms with van der Waals surface area (Å²) in [6.45, 7) is -1.12. The van der Waals surface area contributed by atoms with Crippen molar-refractivity contribution in [3.05, 3.63) is 35.4 Å². The minimum absolute atomic E-state index is 0.00937. The Kier molecular flexibility index (Phi) is 35.9. The first kappa shape index (κ1) is 89.7. The molecule has 14 bridgehead atoms. The summed E-state index contributed by atoms with van der Waals surface area (Å²) >= 11 is 0. The van der Waals surface area contributed by atoms with Crippen LogP contribution in [0, 0.1) is 0 Å². The van der Waals surface area contributed by atoms with Crippen molar-refractivity contribution in [1.29, 1.82) is 0 Å². The molecule has 1 aromatic carbocycles. The van der Waals surface area contributed by atoms with Crippen molar-refractivity contribution in [2.24, 2.45) is 0 Å². The fourth-order valence-corrected chi connectivity index (χ4v) is 15.8. The second-order valence-electron chi connectivity index (χ2n) is 26.7. The Balaban J connectivity index is 1.16. The van der Waals surface area contributed by atoms with Crippen LogP contribution in [0.2, 0.25) is 0 Å². The van der Waals surface area contributed by atoms with Gasteiger partial charge in [0, 0.05) is 142 Å². The number of rotatable bonds is 30. The van der Waals surface area contributed by atoms with Gasteiger partial charge in [-0.1, -0.05) is 6.07 Å². The standard InChI is InChI=1S/C71H116O38/c1-74-26-35-42-49(80-7)57(88-15)66(97-35)105-44-37(28-76-3)99-68(59(90-17)51(44)82-9)107-46-39(30-78-5)101-70(61(92-19)53(46)84-11)109-48-41(32-95-64(73)34-24-22-23-33(25-34)63(72)94-21)102-71(62(93-20)55(48)86-13)108-47-40(31-79-6)100-69(60(91-18)54(47)85-12)106-45-38(29-77-4)98-67(58(89-16)52(45)83-10)104-43-36(27-75-2)96-65(103-42)56(87-14)50(43)81-8/h22-25,35-62,65-71H,26-32H2,1-21H3/t35-,36-,37-,38-,39-,40-,41-,42-,43-,44-,45-,46-,47-,48-,49+,50+,51+,52+,53+,54+,55+,56-,57-,58-,59+,60-,61+,62-,65-,66-,67-,68-,69-,70-,71-/m1/s1. The summed E-state index contributed by atoms with van der Waals surface area (Å²) in [4.78, 5) is 27.0. The van der Waals surface area contributed by atoms with Gasteiger partial charge in [-0.25, -0.2) is 9.59 Å². The quantitative estimate of drug-likeness (QED) is 0.0877. The van der Waals surface area contributed by atoms with Crippen LogP contribution >= 0.6 is 0 Å². The topological polar surface area (TPSA) is 366 Å².